The molecular weight excluding hydrogens is 256 g/mol. The van der Waals surface area contributed by atoms with E-state index in [2.05, 4.69) is 61.4 Å². The Morgan fingerprint density at radius 1 is 1.24 bits per heavy atom. The number of rotatable bonds is 7. The third-order valence-electron chi connectivity index (χ3n) is 4.85. The number of nitrogens with zero attached hydrogens (tertiary/aromatic N) is 1. The largest absolute Gasteiger partial charge is 0.309 e. The quantitative estimate of drug-likeness (QED) is 0.807. The van der Waals surface area contributed by atoms with Gasteiger partial charge in [0.05, 0.1) is 0 Å². The van der Waals surface area contributed by atoms with Gasteiger partial charge in [0, 0.05) is 18.6 Å². The van der Waals surface area contributed by atoms with Crippen molar-refractivity contribution in [3.05, 3.63) is 35.9 Å². The summed E-state index contributed by atoms with van der Waals surface area (Å²) in [6.07, 6.45) is 6.74. The van der Waals surface area contributed by atoms with Crippen LogP contribution in [0.4, 0.5) is 0 Å². The van der Waals surface area contributed by atoms with Crippen LogP contribution >= 0.6 is 0 Å². The van der Waals surface area contributed by atoms with E-state index in [-0.39, 0.29) is 0 Å². The third kappa shape index (κ3) is 5.12. The second-order valence-corrected chi connectivity index (χ2v) is 6.78. The summed E-state index contributed by atoms with van der Waals surface area (Å²) >= 11 is 0. The van der Waals surface area contributed by atoms with Crippen molar-refractivity contribution in [2.24, 2.45) is 5.92 Å². The lowest BCUT2D eigenvalue weighted by molar-refractivity contribution is 0.150. The standard InChI is InChI=1S/C19H32N2/c1-4-13-20-19(17-10-6-5-7-11-17)15-21(3)18-12-8-9-16(2)14-18/h5-7,10-11,16,18-20H,4,8-9,12-15H2,1-3H3. The van der Waals surface area contributed by atoms with Crippen LogP contribution in [0.2, 0.25) is 0 Å². The maximum Gasteiger partial charge on any atom is 0.0449 e. The van der Waals surface area contributed by atoms with E-state index in [9.17, 15) is 0 Å². The van der Waals surface area contributed by atoms with Crippen molar-refractivity contribution >= 4 is 0 Å². The van der Waals surface area contributed by atoms with Crippen LogP contribution in [-0.2, 0) is 0 Å². The first-order valence-electron chi connectivity index (χ1n) is 8.69. The van der Waals surface area contributed by atoms with E-state index in [1.54, 1.807) is 0 Å². The zero-order valence-electron chi connectivity index (χ0n) is 14.0. The Morgan fingerprint density at radius 2 is 2.00 bits per heavy atom. The normalized spacial score (nSPS) is 24.2. The van der Waals surface area contributed by atoms with E-state index in [1.165, 1.54) is 37.7 Å². The summed E-state index contributed by atoms with van der Waals surface area (Å²) in [4.78, 5) is 2.59. The van der Waals surface area contributed by atoms with Gasteiger partial charge in [0.25, 0.3) is 0 Å². The van der Waals surface area contributed by atoms with Gasteiger partial charge in [-0.1, -0.05) is 57.0 Å². The van der Waals surface area contributed by atoms with Gasteiger partial charge in [-0.15, -0.1) is 0 Å². The van der Waals surface area contributed by atoms with Crippen LogP contribution in [0, 0.1) is 5.92 Å². The Labute approximate surface area is 130 Å². The molecule has 2 heteroatoms. The molecule has 1 aliphatic rings. The molecule has 3 unspecified atom stereocenters. The molecule has 0 heterocycles. The van der Waals surface area contributed by atoms with Gasteiger partial charge in [-0.05, 0) is 44.3 Å². The van der Waals surface area contributed by atoms with Crippen LogP contribution in [0.1, 0.15) is 57.6 Å². The molecule has 3 atom stereocenters. The Morgan fingerprint density at radius 3 is 2.67 bits per heavy atom. The molecule has 1 fully saturated rings. The van der Waals surface area contributed by atoms with Crippen molar-refractivity contribution in [3.8, 4) is 0 Å². The number of benzene rings is 1. The molecule has 2 nitrogen and oxygen atoms in total. The predicted octanol–water partition coefficient (Wildman–Crippen LogP) is 4.24. The van der Waals surface area contributed by atoms with Gasteiger partial charge in [0.2, 0.25) is 0 Å². The van der Waals surface area contributed by atoms with E-state index >= 15 is 0 Å². The van der Waals surface area contributed by atoms with Crippen molar-refractivity contribution < 1.29 is 0 Å². The Balaban J connectivity index is 1.97. The first-order chi connectivity index (χ1) is 10.2. The van der Waals surface area contributed by atoms with Crippen LogP contribution in [0.15, 0.2) is 30.3 Å². The molecular formula is C19H32N2. The summed E-state index contributed by atoms with van der Waals surface area (Å²) in [5.41, 5.74) is 1.42. The molecule has 1 aromatic carbocycles. The lowest BCUT2D eigenvalue weighted by Gasteiger charge is -2.36. The number of nitrogens with one attached hydrogen (secondary N) is 1. The highest BCUT2D eigenvalue weighted by molar-refractivity contribution is 5.19. The summed E-state index contributed by atoms with van der Waals surface area (Å²) in [6.45, 7) is 6.85. The molecule has 1 N–H and O–H groups in total. The Bertz CT molecular complexity index is 390. The van der Waals surface area contributed by atoms with E-state index in [0.717, 1.165) is 25.0 Å². The molecule has 0 radical (unpaired) electrons. The van der Waals surface area contributed by atoms with Gasteiger partial charge in [-0.25, -0.2) is 0 Å². The molecule has 2 rings (SSSR count). The van der Waals surface area contributed by atoms with Crippen molar-refractivity contribution in [2.75, 3.05) is 20.1 Å². The number of likely N-dealkylation sites (N-methyl/N-ethyl adjacent to an activating group) is 1. The Kier molecular flexibility index (Phi) is 6.72. The van der Waals surface area contributed by atoms with E-state index < -0.39 is 0 Å². The molecule has 21 heavy (non-hydrogen) atoms. The summed E-state index contributed by atoms with van der Waals surface area (Å²) in [5.74, 6) is 0.893. The molecule has 1 aromatic rings. The van der Waals surface area contributed by atoms with Gasteiger partial charge in [0.15, 0.2) is 0 Å². The molecule has 0 amide bonds. The Hall–Kier alpha value is -0.860. The molecule has 0 aliphatic heterocycles. The molecule has 0 saturated heterocycles. The second kappa shape index (κ2) is 8.55. The summed E-state index contributed by atoms with van der Waals surface area (Å²) < 4.78 is 0. The summed E-state index contributed by atoms with van der Waals surface area (Å²) in [5, 5.41) is 3.73. The number of hydrogen-bond donors (Lipinski definition) is 1. The second-order valence-electron chi connectivity index (χ2n) is 6.78. The van der Waals surface area contributed by atoms with Crippen molar-refractivity contribution in [1.82, 2.24) is 10.2 Å². The minimum absolute atomic E-state index is 0.452. The third-order valence-corrected chi connectivity index (χ3v) is 4.85. The first-order valence-corrected chi connectivity index (χ1v) is 8.69. The average molecular weight is 288 g/mol. The molecule has 0 bridgehead atoms. The molecule has 1 saturated carbocycles. The molecule has 118 valence electrons. The fraction of sp³-hybridized carbons (Fsp3) is 0.684. The van der Waals surface area contributed by atoms with Crippen molar-refractivity contribution in [1.29, 1.82) is 0 Å². The maximum atomic E-state index is 3.73. The van der Waals surface area contributed by atoms with Gasteiger partial charge in [-0.3, -0.25) is 0 Å². The highest BCUT2D eigenvalue weighted by Crippen LogP contribution is 2.27. The minimum atomic E-state index is 0.452. The lowest BCUT2D eigenvalue weighted by atomic mass is 9.86. The van der Waals surface area contributed by atoms with E-state index in [0.29, 0.717) is 6.04 Å². The van der Waals surface area contributed by atoms with Gasteiger partial charge in [-0.2, -0.15) is 0 Å². The lowest BCUT2D eigenvalue weighted by Crippen LogP contribution is -2.41. The highest BCUT2D eigenvalue weighted by Gasteiger charge is 2.24. The van der Waals surface area contributed by atoms with Gasteiger partial charge < -0.3 is 10.2 Å². The highest BCUT2D eigenvalue weighted by atomic mass is 15.2. The fourth-order valence-corrected chi connectivity index (χ4v) is 3.53. The van der Waals surface area contributed by atoms with Crippen molar-refractivity contribution in [2.45, 2.75) is 58.0 Å². The molecule has 1 aliphatic carbocycles. The minimum Gasteiger partial charge on any atom is -0.309 e. The zero-order chi connectivity index (χ0) is 15.1. The monoisotopic (exact) mass is 288 g/mol. The first kappa shape index (κ1) is 16.5. The summed E-state index contributed by atoms with van der Waals surface area (Å²) in [6, 6.07) is 12.1. The molecule has 0 aromatic heterocycles. The van der Waals surface area contributed by atoms with Crippen LogP contribution in [0.3, 0.4) is 0 Å². The average Bonchev–Trinajstić information content (AvgIpc) is 2.52. The predicted molar refractivity (Wildman–Crippen MR) is 91.5 cm³/mol. The van der Waals surface area contributed by atoms with Crippen LogP contribution < -0.4 is 5.32 Å². The van der Waals surface area contributed by atoms with Gasteiger partial charge in [0.1, 0.15) is 0 Å². The summed E-state index contributed by atoms with van der Waals surface area (Å²) in [7, 11) is 2.31. The van der Waals surface area contributed by atoms with Crippen LogP contribution in [0.5, 0.6) is 0 Å². The van der Waals surface area contributed by atoms with Crippen molar-refractivity contribution in [3.63, 3.8) is 0 Å². The van der Waals surface area contributed by atoms with Gasteiger partial charge >= 0.3 is 0 Å². The smallest absolute Gasteiger partial charge is 0.0449 e. The number of hydrogen-bond acceptors (Lipinski definition) is 2. The van der Waals surface area contributed by atoms with E-state index in [4.69, 9.17) is 0 Å². The van der Waals surface area contributed by atoms with E-state index in [1.807, 2.05) is 0 Å². The zero-order valence-corrected chi connectivity index (χ0v) is 14.0. The van der Waals surface area contributed by atoms with Crippen LogP contribution in [0.25, 0.3) is 0 Å². The fourth-order valence-electron chi connectivity index (χ4n) is 3.53. The topological polar surface area (TPSA) is 15.3 Å². The SMILES string of the molecule is CCCNC(CN(C)C1CCCC(C)C1)c1ccccc1. The molecule has 0 spiro atoms. The maximum absolute atomic E-state index is 3.73. The van der Waals surface area contributed by atoms with Crippen LogP contribution in [-0.4, -0.2) is 31.1 Å².